The molecule has 2 N–H and O–H groups in total. The third-order valence-corrected chi connectivity index (χ3v) is 6.75. The number of hydrogen-bond acceptors (Lipinski definition) is 4. The van der Waals surface area contributed by atoms with E-state index in [-0.39, 0.29) is 12.1 Å². The molecular formula is C23H26Cl2N6OS. The van der Waals surface area contributed by atoms with Crippen molar-refractivity contribution >= 4 is 46.8 Å². The molecule has 0 atom stereocenters. The van der Waals surface area contributed by atoms with E-state index in [1.807, 2.05) is 33.9 Å². The zero-order valence-corrected chi connectivity index (χ0v) is 20.8. The van der Waals surface area contributed by atoms with Crippen LogP contribution in [-0.4, -0.2) is 32.1 Å². The van der Waals surface area contributed by atoms with Gasteiger partial charge in [-0.2, -0.15) is 10.2 Å². The second-order valence-electron chi connectivity index (χ2n) is 8.16. The Labute approximate surface area is 207 Å². The van der Waals surface area contributed by atoms with Crippen LogP contribution in [0.1, 0.15) is 49.6 Å². The van der Waals surface area contributed by atoms with Crippen molar-refractivity contribution in [1.29, 1.82) is 0 Å². The lowest BCUT2D eigenvalue weighted by molar-refractivity contribution is 0.247. The van der Waals surface area contributed by atoms with Gasteiger partial charge in [-0.1, -0.05) is 35.3 Å². The Morgan fingerprint density at radius 1 is 1.24 bits per heavy atom. The van der Waals surface area contributed by atoms with Crippen molar-refractivity contribution in [3.05, 3.63) is 69.7 Å². The molecule has 2 amide bonds. The zero-order chi connectivity index (χ0) is 23.4. The second kappa shape index (κ2) is 10.7. The lowest BCUT2D eigenvalue weighted by atomic mass is 9.92. The van der Waals surface area contributed by atoms with E-state index in [1.54, 1.807) is 12.3 Å². The first-order valence-electron chi connectivity index (χ1n) is 10.8. The summed E-state index contributed by atoms with van der Waals surface area (Å²) in [5.74, 6) is 0. The third-order valence-electron chi connectivity index (χ3n) is 5.43. The molecule has 0 saturated carbocycles. The van der Waals surface area contributed by atoms with Gasteiger partial charge in [0.05, 0.1) is 29.5 Å². The third kappa shape index (κ3) is 5.93. The zero-order valence-electron chi connectivity index (χ0n) is 18.5. The monoisotopic (exact) mass is 504 g/mol. The molecule has 2 heterocycles. The van der Waals surface area contributed by atoms with Gasteiger partial charge in [0.1, 0.15) is 0 Å². The molecule has 4 rings (SSSR count). The number of amides is 2. The predicted molar refractivity (Wildman–Crippen MR) is 134 cm³/mol. The molecule has 0 saturated heterocycles. The van der Waals surface area contributed by atoms with Crippen molar-refractivity contribution in [3.63, 3.8) is 0 Å². The highest BCUT2D eigenvalue weighted by atomic mass is 35.5. The van der Waals surface area contributed by atoms with Gasteiger partial charge >= 0.3 is 6.03 Å². The van der Waals surface area contributed by atoms with Crippen LogP contribution in [0.5, 0.6) is 0 Å². The predicted octanol–water partition coefficient (Wildman–Crippen LogP) is 5.74. The summed E-state index contributed by atoms with van der Waals surface area (Å²) in [4.78, 5) is 13.1. The molecule has 0 bridgehead atoms. The standard InChI is InChI=1S/C23H26Cl2N6OS/c1-15(2)30-14-20(12-28-30)33-29-23(32)26-9-8-16-4-3-5-17-11-27-31(22(16)17)13-18-6-7-19(24)10-21(18)25/h6-8,10-12,14-15H,3-5,9,13H2,1-2H3,(H2,26,29,32)/b16-8+. The van der Waals surface area contributed by atoms with Crippen molar-refractivity contribution in [2.24, 2.45) is 0 Å². The maximum atomic E-state index is 12.2. The van der Waals surface area contributed by atoms with E-state index in [0.29, 0.717) is 23.1 Å². The van der Waals surface area contributed by atoms with Crippen LogP contribution in [0, 0.1) is 0 Å². The summed E-state index contributed by atoms with van der Waals surface area (Å²) in [6.07, 6.45) is 10.7. The van der Waals surface area contributed by atoms with Gasteiger partial charge in [0.2, 0.25) is 0 Å². The molecule has 33 heavy (non-hydrogen) atoms. The lowest BCUT2D eigenvalue weighted by Gasteiger charge is -2.18. The van der Waals surface area contributed by atoms with Crippen molar-refractivity contribution in [1.82, 2.24) is 29.6 Å². The van der Waals surface area contributed by atoms with Gasteiger partial charge in [0.15, 0.2) is 0 Å². The first-order valence-corrected chi connectivity index (χ1v) is 12.4. The van der Waals surface area contributed by atoms with Crippen molar-refractivity contribution in [3.8, 4) is 0 Å². The van der Waals surface area contributed by atoms with Crippen LogP contribution in [0.4, 0.5) is 4.79 Å². The SMILES string of the molecule is CC(C)n1cc(SNC(=O)NC/C=C2\CCCc3cnn(Cc4ccc(Cl)cc4Cl)c32)cn1. The topological polar surface area (TPSA) is 76.8 Å². The highest BCUT2D eigenvalue weighted by molar-refractivity contribution is 7.98. The molecule has 0 fully saturated rings. The van der Waals surface area contributed by atoms with Crippen LogP contribution in [-0.2, 0) is 13.0 Å². The number of rotatable bonds is 7. The van der Waals surface area contributed by atoms with E-state index in [9.17, 15) is 4.79 Å². The lowest BCUT2D eigenvalue weighted by Crippen LogP contribution is -2.31. The molecule has 1 aliphatic carbocycles. The molecule has 0 aliphatic heterocycles. The van der Waals surface area contributed by atoms with Crippen molar-refractivity contribution < 1.29 is 4.79 Å². The first kappa shape index (κ1) is 23.7. The van der Waals surface area contributed by atoms with Crippen LogP contribution in [0.3, 0.4) is 0 Å². The van der Waals surface area contributed by atoms with Gasteiger partial charge in [-0.15, -0.1) is 0 Å². The minimum atomic E-state index is -0.244. The Morgan fingerprint density at radius 3 is 2.85 bits per heavy atom. The normalized spacial score (nSPS) is 14.5. The summed E-state index contributed by atoms with van der Waals surface area (Å²) < 4.78 is 6.64. The molecule has 0 unspecified atom stereocenters. The average molecular weight is 505 g/mol. The first-order chi connectivity index (χ1) is 15.9. The molecule has 10 heteroatoms. The minimum absolute atomic E-state index is 0.244. The number of aromatic nitrogens is 4. The van der Waals surface area contributed by atoms with Crippen LogP contribution < -0.4 is 10.0 Å². The highest BCUT2D eigenvalue weighted by Gasteiger charge is 2.20. The second-order valence-corrected chi connectivity index (χ2v) is 9.88. The number of carbonyl (C=O) groups excluding carboxylic acids is 1. The Bertz CT molecular complexity index is 1170. The molecule has 2 aromatic heterocycles. The maximum Gasteiger partial charge on any atom is 0.325 e. The number of nitrogens with one attached hydrogen (secondary N) is 2. The molecule has 3 aromatic rings. The van der Waals surface area contributed by atoms with Gasteiger partial charge < -0.3 is 5.32 Å². The number of allylic oxidation sites excluding steroid dienone is 1. The van der Waals surface area contributed by atoms with Gasteiger partial charge in [-0.25, -0.2) is 4.79 Å². The largest absolute Gasteiger partial charge is 0.334 e. The smallest absolute Gasteiger partial charge is 0.325 e. The van der Waals surface area contributed by atoms with Crippen molar-refractivity contribution in [2.45, 2.75) is 50.6 Å². The molecule has 1 aromatic carbocycles. The van der Waals surface area contributed by atoms with Gasteiger partial charge in [-0.3, -0.25) is 14.1 Å². The summed E-state index contributed by atoms with van der Waals surface area (Å²) in [5.41, 5.74) is 4.49. The van der Waals surface area contributed by atoms with E-state index in [2.05, 4.69) is 40.2 Å². The van der Waals surface area contributed by atoms with E-state index in [0.717, 1.165) is 35.4 Å². The summed E-state index contributed by atoms with van der Waals surface area (Å²) in [6, 6.07) is 5.55. The van der Waals surface area contributed by atoms with Crippen LogP contribution >= 0.6 is 35.1 Å². The number of fused-ring (bicyclic) bond motifs is 1. The average Bonchev–Trinajstić information content (AvgIpc) is 3.42. The van der Waals surface area contributed by atoms with Gasteiger partial charge in [-0.05, 0) is 73.9 Å². The number of nitrogens with zero attached hydrogens (tertiary/aromatic N) is 4. The van der Waals surface area contributed by atoms with Crippen LogP contribution in [0.2, 0.25) is 10.0 Å². The summed E-state index contributed by atoms with van der Waals surface area (Å²) >= 11 is 13.6. The number of aryl methyl sites for hydroxylation is 1. The molecule has 0 spiro atoms. The van der Waals surface area contributed by atoms with E-state index >= 15 is 0 Å². The van der Waals surface area contributed by atoms with Crippen LogP contribution in [0.15, 0.2) is 47.8 Å². The Morgan fingerprint density at radius 2 is 2.09 bits per heavy atom. The maximum absolute atomic E-state index is 12.2. The fourth-order valence-corrected chi connectivity index (χ4v) is 4.77. The molecule has 1 aliphatic rings. The van der Waals surface area contributed by atoms with Crippen molar-refractivity contribution in [2.75, 3.05) is 6.54 Å². The number of carbonyl (C=O) groups is 1. The molecular weight excluding hydrogens is 479 g/mol. The minimum Gasteiger partial charge on any atom is -0.334 e. The number of hydrogen-bond donors (Lipinski definition) is 2. The van der Waals surface area contributed by atoms with Gasteiger partial charge in [0.25, 0.3) is 0 Å². The summed E-state index contributed by atoms with van der Waals surface area (Å²) in [7, 11) is 0. The summed E-state index contributed by atoms with van der Waals surface area (Å²) in [5, 5.41) is 13.0. The fourth-order valence-electron chi connectivity index (χ4n) is 3.76. The Balaban J connectivity index is 1.37. The molecule has 7 nitrogen and oxygen atoms in total. The Hall–Kier alpha value is -2.42. The number of urea groups is 1. The van der Waals surface area contributed by atoms with E-state index < -0.39 is 0 Å². The fraction of sp³-hybridized carbons (Fsp3) is 0.348. The summed E-state index contributed by atoms with van der Waals surface area (Å²) in [6.45, 7) is 5.11. The van der Waals surface area contributed by atoms with Gasteiger partial charge in [0, 0.05) is 28.8 Å². The van der Waals surface area contributed by atoms with E-state index in [4.69, 9.17) is 23.2 Å². The number of benzene rings is 1. The quantitative estimate of drug-likeness (QED) is 0.402. The Kier molecular flexibility index (Phi) is 7.67. The molecule has 174 valence electrons. The van der Waals surface area contributed by atoms with E-state index in [1.165, 1.54) is 23.1 Å². The highest BCUT2D eigenvalue weighted by Crippen LogP contribution is 2.31. The number of halogens is 2. The van der Waals surface area contributed by atoms with Crippen LogP contribution in [0.25, 0.3) is 5.57 Å². The molecule has 0 radical (unpaired) electrons.